The van der Waals surface area contributed by atoms with Crippen molar-refractivity contribution in [2.75, 3.05) is 0 Å². The van der Waals surface area contributed by atoms with Gasteiger partial charge in [-0.25, -0.2) is 0 Å². The average Bonchev–Trinajstić information content (AvgIpc) is 2.53. The zero-order valence-corrected chi connectivity index (χ0v) is 14.2. The van der Waals surface area contributed by atoms with Crippen molar-refractivity contribution in [1.29, 1.82) is 0 Å². The topological polar surface area (TPSA) is 135 Å². The number of hydrogen-bond acceptors (Lipinski definition) is 5. The zero-order chi connectivity index (χ0) is 18.4. The van der Waals surface area contributed by atoms with Crippen molar-refractivity contribution in [3.63, 3.8) is 0 Å². The Labute approximate surface area is 142 Å². The van der Waals surface area contributed by atoms with Gasteiger partial charge in [-0.2, -0.15) is 0 Å². The Bertz CT molecular complexity index is 421. The Hall–Kier alpha value is -1.76. The van der Waals surface area contributed by atoms with Crippen LogP contribution in [0.25, 0.3) is 0 Å². The van der Waals surface area contributed by atoms with Crippen LogP contribution in [0.5, 0.6) is 0 Å². The standard InChI is InChI=1S/C17H29NO6/c18-13(17(23)24)11-12-15(20)14(19)9-7-5-3-1-2-4-6-8-10-16(21)22/h13H,1-12,18H2,(H,21,22)(H,23,24)/t13-/m0/s1. The summed E-state index contributed by atoms with van der Waals surface area (Å²) >= 11 is 0. The molecule has 0 aromatic carbocycles. The molecule has 0 aromatic heterocycles. The molecule has 1 atom stereocenters. The molecule has 0 unspecified atom stereocenters. The highest BCUT2D eigenvalue weighted by molar-refractivity contribution is 6.37. The van der Waals surface area contributed by atoms with E-state index in [1.165, 1.54) is 0 Å². The highest BCUT2D eigenvalue weighted by atomic mass is 16.4. The summed E-state index contributed by atoms with van der Waals surface area (Å²) < 4.78 is 0. The summed E-state index contributed by atoms with van der Waals surface area (Å²) in [6, 6.07) is -1.10. The van der Waals surface area contributed by atoms with Crippen molar-refractivity contribution < 1.29 is 29.4 Å². The molecule has 0 aliphatic rings. The van der Waals surface area contributed by atoms with Gasteiger partial charge in [-0.1, -0.05) is 38.5 Å². The van der Waals surface area contributed by atoms with Crippen molar-refractivity contribution in [1.82, 2.24) is 0 Å². The lowest BCUT2D eigenvalue weighted by atomic mass is 10.0. The minimum absolute atomic E-state index is 0.0121. The summed E-state index contributed by atoms with van der Waals surface area (Å²) in [4.78, 5) is 44.0. The molecule has 0 aliphatic heterocycles. The molecule has 0 aromatic rings. The SMILES string of the molecule is N[C@@H](CCC(=O)C(=O)CCCCCCCCCCC(=O)O)C(=O)O. The van der Waals surface area contributed by atoms with Gasteiger partial charge in [-0.15, -0.1) is 0 Å². The second-order valence-electron chi connectivity index (χ2n) is 6.05. The third kappa shape index (κ3) is 12.8. The van der Waals surface area contributed by atoms with Crippen LogP contribution in [0, 0.1) is 0 Å². The monoisotopic (exact) mass is 343 g/mol. The van der Waals surface area contributed by atoms with Gasteiger partial charge in [0.05, 0.1) is 0 Å². The summed E-state index contributed by atoms with van der Waals surface area (Å²) in [6.07, 6.45) is 7.62. The Kier molecular flexibility index (Phi) is 12.7. The lowest BCUT2D eigenvalue weighted by Gasteiger charge is -2.05. The largest absolute Gasteiger partial charge is 0.481 e. The van der Waals surface area contributed by atoms with E-state index in [1.807, 2.05) is 0 Å². The van der Waals surface area contributed by atoms with Gasteiger partial charge in [0.15, 0.2) is 11.6 Å². The fourth-order valence-corrected chi connectivity index (χ4v) is 2.31. The molecule has 7 heteroatoms. The van der Waals surface area contributed by atoms with Gasteiger partial charge in [0.25, 0.3) is 0 Å². The predicted octanol–water partition coefficient (Wildman–Crippen LogP) is 2.30. The van der Waals surface area contributed by atoms with Crippen LogP contribution in [0.2, 0.25) is 0 Å². The van der Waals surface area contributed by atoms with Gasteiger partial charge in [-0.05, 0) is 19.3 Å². The molecule has 0 rings (SSSR count). The molecule has 4 N–H and O–H groups in total. The quantitative estimate of drug-likeness (QED) is 0.289. The summed E-state index contributed by atoms with van der Waals surface area (Å²) in [6.45, 7) is 0. The molecule has 24 heavy (non-hydrogen) atoms. The van der Waals surface area contributed by atoms with E-state index in [0.717, 1.165) is 44.9 Å². The molecule has 0 spiro atoms. The smallest absolute Gasteiger partial charge is 0.320 e. The first-order chi connectivity index (χ1) is 11.3. The molecular formula is C17H29NO6. The molecule has 138 valence electrons. The molecule has 0 heterocycles. The van der Waals surface area contributed by atoms with E-state index in [2.05, 4.69) is 0 Å². The van der Waals surface area contributed by atoms with E-state index in [0.29, 0.717) is 6.42 Å². The number of unbranched alkanes of at least 4 members (excludes halogenated alkanes) is 7. The number of carbonyl (C=O) groups excluding carboxylic acids is 2. The normalized spacial score (nSPS) is 11.9. The number of carboxylic acids is 2. The van der Waals surface area contributed by atoms with Gasteiger partial charge in [0.1, 0.15) is 6.04 Å². The fourth-order valence-electron chi connectivity index (χ4n) is 2.31. The average molecular weight is 343 g/mol. The third-order valence-electron chi connectivity index (χ3n) is 3.86. The maximum absolute atomic E-state index is 11.6. The third-order valence-corrected chi connectivity index (χ3v) is 3.86. The molecule has 0 saturated heterocycles. The van der Waals surface area contributed by atoms with Crippen molar-refractivity contribution >= 4 is 23.5 Å². The summed E-state index contributed by atoms with van der Waals surface area (Å²) in [5.41, 5.74) is 5.29. The van der Waals surface area contributed by atoms with Crippen LogP contribution in [0.1, 0.15) is 77.0 Å². The lowest BCUT2D eigenvalue weighted by Crippen LogP contribution is -2.31. The molecular weight excluding hydrogens is 314 g/mol. The van der Waals surface area contributed by atoms with Gasteiger partial charge < -0.3 is 15.9 Å². The summed E-state index contributed by atoms with van der Waals surface area (Å²) in [7, 11) is 0. The Morgan fingerprint density at radius 2 is 1.08 bits per heavy atom. The Morgan fingerprint density at radius 1 is 0.667 bits per heavy atom. The first-order valence-electron chi connectivity index (χ1n) is 8.60. The summed E-state index contributed by atoms with van der Waals surface area (Å²) in [5, 5.41) is 17.1. The number of carbonyl (C=O) groups is 4. The fraction of sp³-hybridized carbons (Fsp3) is 0.765. The molecule has 0 bridgehead atoms. The summed E-state index contributed by atoms with van der Waals surface area (Å²) in [5.74, 6) is -2.90. The molecule has 7 nitrogen and oxygen atoms in total. The second kappa shape index (κ2) is 13.7. The highest BCUT2D eigenvalue weighted by Crippen LogP contribution is 2.11. The van der Waals surface area contributed by atoms with Crippen molar-refractivity contribution in [3.05, 3.63) is 0 Å². The van der Waals surface area contributed by atoms with Crippen molar-refractivity contribution in [2.24, 2.45) is 5.73 Å². The predicted molar refractivity (Wildman–Crippen MR) is 88.7 cm³/mol. The number of nitrogens with two attached hydrogens (primary N) is 1. The van der Waals surface area contributed by atoms with Crippen LogP contribution in [0.15, 0.2) is 0 Å². The second-order valence-corrected chi connectivity index (χ2v) is 6.05. The van der Waals surface area contributed by atoms with E-state index >= 15 is 0 Å². The van der Waals surface area contributed by atoms with Crippen molar-refractivity contribution in [2.45, 2.75) is 83.1 Å². The van der Waals surface area contributed by atoms with Crippen LogP contribution in [0.4, 0.5) is 0 Å². The zero-order valence-electron chi connectivity index (χ0n) is 14.2. The number of Topliss-reactive ketones (excluding diaryl/α,β-unsaturated/α-hetero) is 2. The van der Waals surface area contributed by atoms with Gasteiger partial charge in [0, 0.05) is 19.3 Å². The van der Waals surface area contributed by atoms with Crippen molar-refractivity contribution in [3.8, 4) is 0 Å². The van der Waals surface area contributed by atoms with E-state index in [-0.39, 0.29) is 25.7 Å². The highest BCUT2D eigenvalue weighted by Gasteiger charge is 2.17. The van der Waals surface area contributed by atoms with E-state index in [4.69, 9.17) is 15.9 Å². The van der Waals surface area contributed by atoms with Gasteiger partial charge >= 0.3 is 11.9 Å². The minimum atomic E-state index is -1.17. The van der Waals surface area contributed by atoms with Gasteiger partial charge in [-0.3, -0.25) is 19.2 Å². The minimum Gasteiger partial charge on any atom is -0.481 e. The maximum Gasteiger partial charge on any atom is 0.320 e. The number of aliphatic carboxylic acids is 2. The van der Waals surface area contributed by atoms with E-state index in [9.17, 15) is 19.2 Å². The Morgan fingerprint density at radius 3 is 1.54 bits per heavy atom. The van der Waals surface area contributed by atoms with Crippen LogP contribution in [-0.4, -0.2) is 39.8 Å². The number of carboxylic acid groups (broad SMARTS) is 2. The van der Waals surface area contributed by atoms with Gasteiger partial charge in [0.2, 0.25) is 0 Å². The first-order valence-corrected chi connectivity index (χ1v) is 8.60. The molecule has 0 amide bonds. The molecule has 0 radical (unpaired) electrons. The molecule has 0 saturated carbocycles. The van der Waals surface area contributed by atoms with Crippen LogP contribution in [-0.2, 0) is 19.2 Å². The molecule has 0 fully saturated rings. The molecule has 0 aliphatic carbocycles. The number of hydrogen-bond donors (Lipinski definition) is 3. The first kappa shape index (κ1) is 22.2. The Balaban J connectivity index is 3.50. The maximum atomic E-state index is 11.6. The number of ketones is 2. The lowest BCUT2D eigenvalue weighted by molar-refractivity contribution is -0.140. The van der Waals surface area contributed by atoms with Crippen LogP contribution < -0.4 is 5.73 Å². The van der Waals surface area contributed by atoms with E-state index < -0.39 is 29.5 Å². The van der Waals surface area contributed by atoms with E-state index in [1.54, 1.807) is 0 Å². The number of rotatable bonds is 16. The van der Waals surface area contributed by atoms with Crippen LogP contribution in [0.3, 0.4) is 0 Å². The van der Waals surface area contributed by atoms with Crippen LogP contribution >= 0.6 is 0 Å².